The molecule has 6 heteroatoms. The van der Waals surface area contributed by atoms with E-state index in [1.54, 1.807) is 25.1 Å². The van der Waals surface area contributed by atoms with Crippen LogP contribution in [0.15, 0.2) is 12.4 Å². The molecule has 122 valence electrons. The molecule has 1 aromatic heterocycles. The SMILES string of the molecule is CO[C@@H]1CC[C@@]2(OC)CCN(C(=O)Cn3cc(C)cn3)[C@H]2C1. The van der Waals surface area contributed by atoms with E-state index in [-0.39, 0.29) is 23.7 Å². The van der Waals surface area contributed by atoms with Crippen LogP contribution >= 0.6 is 0 Å². The average Bonchev–Trinajstić information content (AvgIpc) is 3.10. The summed E-state index contributed by atoms with van der Waals surface area (Å²) in [5.41, 5.74) is 0.877. The van der Waals surface area contributed by atoms with Gasteiger partial charge in [0.15, 0.2) is 0 Å². The van der Waals surface area contributed by atoms with Gasteiger partial charge in [0, 0.05) is 27.0 Å². The Balaban J connectivity index is 1.74. The van der Waals surface area contributed by atoms with Crippen LogP contribution in [0.3, 0.4) is 0 Å². The van der Waals surface area contributed by atoms with Crippen molar-refractivity contribution in [1.29, 1.82) is 0 Å². The van der Waals surface area contributed by atoms with Crippen molar-refractivity contribution in [1.82, 2.24) is 14.7 Å². The molecule has 1 saturated carbocycles. The number of carbonyl (C=O) groups excluding carboxylic acids is 1. The third-order valence-corrected chi connectivity index (χ3v) is 5.25. The lowest BCUT2D eigenvalue weighted by molar-refractivity contribution is -0.141. The molecule has 0 unspecified atom stereocenters. The summed E-state index contributed by atoms with van der Waals surface area (Å²) in [5.74, 6) is 0.115. The fourth-order valence-corrected chi connectivity index (χ4v) is 3.96. The van der Waals surface area contributed by atoms with E-state index in [0.29, 0.717) is 6.54 Å². The Morgan fingerprint density at radius 2 is 2.27 bits per heavy atom. The van der Waals surface area contributed by atoms with Gasteiger partial charge >= 0.3 is 0 Å². The second-order valence-corrected chi connectivity index (χ2v) is 6.47. The number of ether oxygens (including phenoxy) is 2. The highest BCUT2D eigenvalue weighted by atomic mass is 16.5. The highest BCUT2D eigenvalue weighted by Gasteiger charge is 2.52. The van der Waals surface area contributed by atoms with Crippen LogP contribution in [0.5, 0.6) is 0 Å². The van der Waals surface area contributed by atoms with Crippen molar-refractivity contribution in [2.45, 2.75) is 56.9 Å². The summed E-state index contributed by atoms with van der Waals surface area (Å²) >= 11 is 0. The van der Waals surface area contributed by atoms with Crippen LogP contribution in [0, 0.1) is 6.92 Å². The third kappa shape index (κ3) is 2.65. The van der Waals surface area contributed by atoms with E-state index in [4.69, 9.17) is 9.47 Å². The summed E-state index contributed by atoms with van der Waals surface area (Å²) in [4.78, 5) is 14.7. The lowest BCUT2D eigenvalue weighted by atomic mass is 9.79. The summed E-state index contributed by atoms with van der Waals surface area (Å²) in [5, 5.41) is 4.21. The molecule has 22 heavy (non-hydrogen) atoms. The Labute approximate surface area is 131 Å². The number of nitrogens with zero attached hydrogens (tertiary/aromatic N) is 3. The van der Waals surface area contributed by atoms with Gasteiger partial charge in [-0.05, 0) is 38.2 Å². The van der Waals surface area contributed by atoms with Gasteiger partial charge in [0.2, 0.25) is 5.91 Å². The molecule has 0 aromatic carbocycles. The maximum absolute atomic E-state index is 12.7. The molecule has 3 atom stereocenters. The Kier molecular flexibility index (Phi) is 4.23. The van der Waals surface area contributed by atoms with E-state index in [0.717, 1.165) is 37.8 Å². The first-order valence-electron chi connectivity index (χ1n) is 7.94. The van der Waals surface area contributed by atoms with Crippen molar-refractivity contribution in [3.63, 3.8) is 0 Å². The lowest BCUT2D eigenvalue weighted by Crippen LogP contribution is -2.53. The minimum atomic E-state index is -0.190. The second kappa shape index (κ2) is 6.01. The molecule has 1 aromatic rings. The van der Waals surface area contributed by atoms with E-state index in [2.05, 4.69) is 5.10 Å². The van der Waals surface area contributed by atoms with Crippen molar-refractivity contribution in [2.75, 3.05) is 20.8 Å². The maximum atomic E-state index is 12.7. The third-order valence-electron chi connectivity index (χ3n) is 5.25. The molecule has 0 radical (unpaired) electrons. The average molecular weight is 307 g/mol. The molecule has 0 N–H and O–H groups in total. The van der Waals surface area contributed by atoms with Gasteiger partial charge in [-0.25, -0.2) is 0 Å². The van der Waals surface area contributed by atoms with Crippen molar-refractivity contribution in [2.24, 2.45) is 0 Å². The molecular formula is C16H25N3O3. The number of aryl methyl sites for hydroxylation is 1. The zero-order valence-corrected chi connectivity index (χ0v) is 13.6. The fraction of sp³-hybridized carbons (Fsp3) is 0.750. The van der Waals surface area contributed by atoms with E-state index >= 15 is 0 Å². The number of aromatic nitrogens is 2. The van der Waals surface area contributed by atoms with Crippen molar-refractivity contribution >= 4 is 5.91 Å². The Morgan fingerprint density at radius 3 is 2.91 bits per heavy atom. The highest BCUT2D eigenvalue weighted by molar-refractivity contribution is 5.77. The zero-order chi connectivity index (χ0) is 15.7. The summed E-state index contributed by atoms with van der Waals surface area (Å²) in [6, 6.07) is 0.111. The molecule has 2 aliphatic rings. The monoisotopic (exact) mass is 307 g/mol. The predicted molar refractivity (Wildman–Crippen MR) is 81.5 cm³/mol. The van der Waals surface area contributed by atoms with Gasteiger partial charge in [0.05, 0.1) is 23.9 Å². The first-order valence-corrected chi connectivity index (χ1v) is 7.94. The highest BCUT2D eigenvalue weighted by Crippen LogP contribution is 2.43. The van der Waals surface area contributed by atoms with Crippen LogP contribution in [-0.4, -0.2) is 59.1 Å². The van der Waals surface area contributed by atoms with E-state index in [1.807, 2.05) is 18.0 Å². The molecule has 2 heterocycles. The van der Waals surface area contributed by atoms with Gasteiger partial charge in [0.1, 0.15) is 6.54 Å². The molecular weight excluding hydrogens is 282 g/mol. The smallest absolute Gasteiger partial charge is 0.244 e. The van der Waals surface area contributed by atoms with Crippen molar-refractivity contribution in [3.8, 4) is 0 Å². The van der Waals surface area contributed by atoms with Gasteiger partial charge in [-0.15, -0.1) is 0 Å². The van der Waals surface area contributed by atoms with Gasteiger partial charge in [-0.2, -0.15) is 5.10 Å². The predicted octanol–water partition coefficient (Wildman–Crippen LogP) is 1.38. The molecule has 0 bridgehead atoms. The molecule has 1 saturated heterocycles. The Bertz CT molecular complexity index is 544. The number of methoxy groups -OCH3 is 2. The molecule has 6 nitrogen and oxygen atoms in total. The van der Waals surface area contributed by atoms with Crippen LogP contribution in [-0.2, 0) is 20.8 Å². The Morgan fingerprint density at radius 1 is 1.45 bits per heavy atom. The summed E-state index contributed by atoms with van der Waals surface area (Å²) in [6.45, 7) is 3.03. The Hall–Kier alpha value is -1.40. The number of rotatable bonds is 4. The van der Waals surface area contributed by atoms with Crippen LogP contribution < -0.4 is 0 Å². The van der Waals surface area contributed by atoms with Crippen molar-refractivity contribution < 1.29 is 14.3 Å². The largest absolute Gasteiger partial charge is 0.381 e. The number of fused-ring (bicyclic) bond motifs is 1. The minimum absolute atomic E-state index is 0.111. The van der Waals surface area contributed by atoms with E-state index in [9.17, 15) is 4.79 Å². The zero-order valence-electron chi connectivity index (χ0n) is 13.6. The standard InChI is InChI=1S/C16H25N3O3/c1-12-9-17-18(10-12)11-15(20)19-7-6-16(22-3)5-4-13(21-2)8-14(16)19/h9-10,13-14H,4-8,11H2,1-3H3/t13-,14+,16-/m1/s1. The first kappa shape index (κ1) is 15.5. The molecule has 1 aliphatic carbocycles. The minimum Gasteiger partial charge on any atom is -0.381 e. The molecule has 1 aliphatic heterocycles. The summed E-state index contributed by atoms with van der Waals surface area (Å²) in [7, 11) is 3.52. The van der Waals surface area contributed by atoms with Gasteiger partial charge in [0.25, 0.3) is 0 Å². The van der Waals surface area contributed by atoms with Gasteiger partial charge in [-0.1, -0.05) is 0 Å². The fourth-order valence-electron chi connectivity index (χ4n) is 3.96. The van der Waals surface area contributed by atoms with Crippen LogP contribution in [0.2, 0.25) is 0 Å². The molecule has 1 amide bonds. The van der Waals surface area contributed by atoms with Crippen LogP contribution in [0.4, 0.5) is 0 Å². The molecule has 0 spiro atoms. The normalized spacial score (nSPS) is 31.3. The number of amides is 1. The van der Waals surface area contributed by atoms with Gasteiger partial charge < -0.3 is 14.4 Å². The summed E-state index contributed by atoms with van der Waals surface area (Å²) in [6.07, 6.45) is 7.62. The van der Waals surface area contributed by atoms with Crippen LogP contribution in [0.1, 0.15) is 31.2 Å². The molecule has 2 fully saturated rings. The van der Waals surface area contributed by atoms with Crippen molar-refractivity contribution in [3.05, 3.63) is 18.0 Å². The van der Waals surface area contributed by atoms with E-state index < -0.39 is 0 Å². The lowest BCUT2D eigenvalue weighted by Gasteiger charge is -2.43. The second-order valence-electron chi connectivity index (χ2n) is 6.47. The first-order chi connectivity index (χ1) is 10.6. The number of hydrogen-bond acceptors (Lipinski definition) is 4. The van der Waals surface area contributed by atoms with Gasteiger partial charge in [-0.3, -0.25) is 9.48 Å². The number of likely N-dealkylation sites (tertiary alicyclic amines) is 1. The number of hydrogen-bond donors (Lipinski definition) is 0. The van der Waals surface area contributed by atoms with Crippen LogP contribution in [0.25, 0.3) is 0 Å². The number of carbonyl (C=O) groups is 1. The summed E-state index contributed by atoms with van der Waals surface area (Å²) < 4.78 is 13.1. The quantitative estimate of drug-likeness (QED) is 0.843. The van der Waals surface area contributed by atoms with E-state index in [1.165, 1.54) is 0 Å². The maximum Gasteiger partial charge on any atom is 0.244 e. The topological polar surface area (TPSA) is 56.6 Å². The molecule has 3 rings (SSSR count).